The maximum Gasteiger partial charge on any atom is 0.328 e. The van der Waals surface area contributed by atoms with Gasteiger partial charge in [0.05, 0.1) is 0 Å². The normalized spacial score (nSPS) is 9.00. The van der Waals surface area contributed by atoms with Gasteiger partial charge in [0.25, 0.3) is 0 Å². The lowest BCUT2D eigenvalue weighted by atomic mass is 10.2. The number of carboxylic acid groups (broad SMARTS) is 2. The molecule has 0 aliphatic carbocycles. The van der Waals surface area contributed by atoms with Crippen LogP contribution in [0.5, 0.6) is 0 Å². The van der Waals surface area contributed by atoms with Gasteiger partial charge in [0.2, 0.25) is 0 Å². The molecule has 0 aliphatic heterocycles. The van der Waals surface area contributed by atoms with E-state index in [0.29, 0.717) is 12.2 Å². The molecule has 0 spiro atoms. The lowest BCUT2D eigenvalue weighted by molar-refractivity contribution is -0.134. The Bertz CT molecular complexity index is 363. The molecule has 4 nitrogen and oxygen atoms in total. The number of aliphatic carboxylic acids is 2. The lowest BCUT2D eigenvalue weighted by Crippen LogP contribution is -1.91. The molecule has 0 atom stereocenters. The van der Waals surface area contributed by atoms with Crippen LogP contribution < -0.4 is 0 Å². The summed E-state index contributed by atoms with van der Waals surface area (Å²) in [6.45, 7) is 3.63. The largest absolute Gasteiger partial charge is 0.478 e. The highest BCUT2D eigenvalue weighted by molar-refractivity contribution is 5.89. The number of carbonyl (C=O) groups is 2. The first-order chi connectivity index (χ1) is 7.56. The molecule has 0 radical (unpaired) electrons. The summed E-state index contributed by atoms with van der Waals surface area (Å²) in [7, 11) is 0. The van der Waals surface area contributed by atoms with Crippen LogP contribution >= 0.6 is 0 Å². The van der Waals surface area contributed by atoms with E-state index in [1.165, 1.54) is 5.56 Å². The van der Waals surface area contributed by atoms with Gasteiger partial charge >= 0.3 is 11.9 Å². The monoisotopic (exact) mass is 220 g/mol. The Morgan fingerprint density at radius 2 is 1.44 bits per heavy atom. The second-order valence-corrected chi connectivity index (χ2v) is 2.62. The van der Waals surface area contributed by atoms with Gasteiger partial charge in [0, 0.05) is 12.2 Å². The number of hydrogen-bond donors (Lipinski definition) is 2. The van der Waals surface area contributed by atoms with Crippen molar-refractivity contribution in [3.63, 3.8) is 0 Å². The Labute approximate surface area is 93.2 Å². The quantitative estimate of drug-likeness (QED) is 0.764. The maximum atomic E-state index is 9.55. The van der Waals surface area contributed by atoms with Crippen LogP contribution in [0.3, 0.4) is 0 Å². The van der Waals surface area contributed by atoms with Crippen molar-refractivity contribution in [2.45, 2.75) is 0 Å². The van der Waals surface area contributed by atoms with Crippen LogP contribution in [0.25, 0.3) is 6.08 Å². The molecule has 0 saturated carbocycles. The van der Waals surface area contributed by atoms with Crippen molar-refractivity contribution in [3.05, 3.63) is 54.6 Å². The molecule has 0 bridgehead atoms. The molecule has 1 rings (SSSR count). The first-order valence-electron chi connectivity index (χ1n) is 4.37. The van der Waals surface area contributed by atoms with Crippen LogP contribution in [-0.2, 0) is 9.59 Å². The molecule has 0 heterocycles. The van der Waals surface area contributed by atoms with Crippen molar-refractivity contribution in [3.8, 4) is 0 Å². The predicted molar refractivity (Wildman–Crippen MR) is 60.9 cm³/mol. The molecule has 0 aromatic heterocycles. The van der Waals surface area contributed by atoms with E-state index in [1.54, 1.807) is 0 Å². The molecule has 84 valence electrons. The second kappa shape index (κ2) is 7.99. The highest BCUT2D eigenvalue weighted by atomic mass is 16.4. The van der Waals surface area contributed by atoms with Crippen molar-refractivity contribution < 1.29 is 19.8 Å². The molecule has 0 unspecified atom stereocenters. The molecular formula is C12H12O4. The fraction of sp³-hybridized carbons (Fsp3) is 0. The summed E-state index contributed by atoms with van der Waals surface area (Å²) in [5, 5.41) is 15.6. The van der Waals surface area contributed by atoms with Gasteiger partial charge < -0.3 is 10.2 Å². The van der Waals surface area contributed by atoms with Crippen LogP contribution in [0.15, 0.2) is 49.1 Å². The molecule has 0 amide bonds. The average Bonchev–Trinajstić information content (AvgIpc) is 2.28. The van der Waals surface area contributed by atoms with Crippen molar-refractivity contribution >= 4 is 18.0 Å². The molecule has 4 heteroatoms. The Morgan fingerprint density at radius 3 is 1.69 bits per heavy atom. The summed E-state index contributed by atoms with van der Waals surface area (Å²) >= 11 is 0. The summed E-state index contributed by atoms with van der Waals surface area (Å²) < 4.78 is 0. The van der Waals surface area contributed by atoms with E-state index >= 15 is 0 Å². The van der Waals surface area contributed by atoms with Gasteiger partial charge in [0.1, 0.15) is 0 Å². The zero-order valence-electron chi connectivity index (χ0n) is 8.54. The van der Waals surface area contributed by atoms with Crippen molar-refractivity contribution in [2.24, 2.45) is 0 Å². The third-order valence-electron chi connectivity index (χ3n) is 1.40. The van der Waals surface area contributed by atoms with E-state index in [9.17, 15) is 9.59 Å². The van der Waals surface area contributed by atoms with Gasteiger partial charge in [-0.15, -0.1) is 0 Å². The van der Waals surface area contributed by atoms with Crippen LogP contribution in [0.1, 0.15) is 5.56 Å². The van der Waals surface area contributed by atoms with E-state index in [4.69, 9.17) is 10.2 Å². The summed E-state index contributed by atoms with van der Waals surface area (Å²) in [5.41, 5.74) is 1.17. The average molecular weight is 220 g/mol. The van der Waals surface area contributed by atoms with E-state index in [2.05, 4.69) is 6.58 Å². The third-order valence-corrected chi connectivity index (χ3v) is 1.40. The molecule has 0 fully saturated rings. The molecule has 0 saturated heterocycles. The Kier molecular flexibility index (Phi) is 6.81. The van der Waals surface area contributed by atoms with Crippen molar-refractivity contribution in [1.29, 1.82) is 0 Å². The summed E-state index contributed by atoms with van der Waals surface area (Å²) in [6, 6.07) is 10.0. The smallest absolute Gasteiger partial charge is 0.328 e. The highest BCUT2D eigenvalue weighted by Crippen LogP contribution is 1.97. The van der Waals surface area contributed by atoms with Crippen LogP contribution in [0.2, 0.25) is 0 Å². The van der Waals surface area contributed by atoms with Gasteiger partial charge in [0.15, 0.2) is 0 Å². The van der Waals surface area contributed by atoms with Gasteiger partial charge in [-0.3, -0.25) is 0 Å². The first-order valence-corrected chi connectivity index (χ1v) is 4.37. The number of benzene rings is 1. The summed E-state index contributed by atoms with van der Waals surface area (Å²) in [5.74, 6) is -2.51. The minimum absolute atomic E-state index is 0.558. The number of hydrogen-bond acceptors (Lipinski definition) is 2. The fourth-order valence-electron chi connectivity index (χ4n) is 0.732. The Balaban J connectivity index is 0.000000281. The van der Waals surface area contributed by atoms with Crippen LogP contribution in [-0.4, -0.2) is 22.2 Å². The molecule has 16 heavy (non-hydrogen) atoms. The predicted octanol–water partition coefficient (Wildman–Crippen LogP) is 2.04. The number of rotatable bonds is 3. The van der Waals surface area contributed by atoms with Gasteiger partial charge in [-0.25, -0.2) is 9.59 Å². The first kappa shape index (κ1) is 13.6. The Morgan fingerprint density at radius 1 is 1.00 bits per heavy atom. The highest BCUT2D eigenvalue weighted by Gasteiger charge is 1.88. The Hall–Kier alpha value is -2.36. The topological polar surface area (TPSA) is 74.6 Å². The molecule has 1 aromatic carbocycles. The van der Waals surface area contributed by atoms with E-state index in [-0.39, 0.29) is 0 Å². The second-order valence-electron chi connectivity index (χ2n) is 2.62. The number of carboxylic acids is 2. The molecule has 0 aliphatic rings. The SMILES string of the molecule is C=Cc1ccccc1.O=C(O)C=CC(=O)O. The van der Waals surface area contributed by atoms with Crippen LogP contribution in [0.4, 0.5) is 0 Å². The summed E-state index contributed by atoms with van der Waals surface area (Å²) in [4.78, 5) is 19.1. The minimum Gasteiger partial charge on any atom is -0.478 e. The van der Waals surface area contributed by atoms with Gasteiger partial charge in [-0.2, -0.15) is 0 Å². The summed E-state index contributed by atoms with van der Waals surface area (Å²) in [6.07, 6.45) is 2.95. The molecule has 2 N–H and O–H groups in total. The molecule has 1 aromatic rings. The van der Waals surface area contributed by atoms with E-state index < -0.39 is 11.9 Å². The zero-order chi connectivity index (χ0) is 12.4. The van der Waals surface area contributed by atoms with E-state index in [0.717, 1.165) is 0 Å². The van der Waals surface area contributed by atoms with E-state index in [1.807, 2.05) is 36.4 Å². The van der Waals surface area contributed by atoms with Gasteiger partial charge in [-0.1, -0.05) is 43.0 Å². The molecular weight excluding hydrogens is 208 g/mol. The van der Waals surface area contributed by atoms with Crippen LogP contribution in [0, 0.1) is 0 Å². The van der Waals surface area contributed by atoms with Crippen molar-refractivity contribution in [2.75, 3.05) is 0 Å². The third kappa shape index (κ3) is 8.25. The lowest BCUT2D eigenvalue weighted by Gasteiger charge is -1.85. The standard InChI is InChI=1S/C8H8.C4H4O4/c1-2-8-6-4-3-5-7-8;5-3(6)1-2-4(7)8/h2-7H,1H2;1-2H,(H,5,6)(H,7,8). The minimum atomic E-state index is -1.26. The fourth-order valence-corrected chi connectivity index (χ4v) is 0.732. The van der Waals surface area contributed by atoms with Gasteiger partial charge in [-0.05, 0) is 5.56 Å². The van der Waals surface area contributed by atoms with Crippen molar-refractivity contribution in [1.82, 2.24) is 0 Å². The maximum absolute atomic E-state index is 9.55. The zero-order valence-corrected chi connectivity index (χ0v) is 8.54.